The molecular weight excluding hydrogens is 244 g/mol. The zero-order chi connectivity index (χ0) is 13.7. The number of sulfonamides is 1. The number of methoxy groups -OCH3 is 1. The van der Waals surface area contributed by atoms with Crippen LogP contribution in [0.15, 0.2) is 0 Å². The Bertz CT molecular complexity index is 351. The molecule has 0 saturated heterocycles. The standard InChI is InChI=1S/C10H22N2O4S/c1-5-12(8-10(2,3)7-11)17(14,15)6-9(13)16-4/h5-8,11H2,1-4H3. The van der Waals surface area contributed by atoms with E-state index in [-0.39, 0.29) is 5.41 Å². The smallest absolute Gasteiger partial charge is 0.322 e. The predicted molar refractivity (Wildman–Crippen MR) is 65.9 cm³/mol. The molecule has 0 unspecified atom stereocenters. The average molecular weight is 266 g/mol. The molecule has 0 aliphatic carbocycles. The summed E-state index contributed by atoms with van der Waals surface area (Å²) in [5, 5.41) is 0. The zero-order valence-electron chi connectivity index (χ0n) is 10.9. The fraction of sp³-hybridized carbons (Fsp3) is 0.900. The second-order valence-electron chi connectivity index (χ2n) is 4.63. The van der Waals surface area contributed by atoms with Gasteiger partial charge in [0.2, 0.25) is 10.0 Å². The van der Waals surface area contributed by atoms with Crippen molar-refractivity contribution in [2.24, 2.45) is 11.1 Å². The summed E-state index contributed by atoms with van der Waals surface area (Å²) in [5.41, 5.74) is 5.25. The Morgan fingerprint density at radius 1 is 1.41 bits per heavy atom. The van der Waals surface area contributed by atoms with Gasteiger partial charge in [0.25, 0.3) is 0 Å². The van der Waals surface area contributed by atoms with E-state index in [0.29, 0.717) is 19.6 Å². The number of hydrogen-bond donors (Lipinski definition) is 1. The second-order valence-corrected chi connectivity index (χ2v) is 6.60. The summed E-state index contributed by atoms with van der Waals surface area (Å²) >= 11 is 0. The molecule has 2 N–H and O–H groups in total. The van der Waals surface area contributed by atoms with E-state index in [1.165, 1.54) is 4.31 Å². The van der Waals surface area contributed by atoms with Gasteiger partial charge in [-0.3, -0.25) is 4.79 Å². The molecule has 0 saturated carbocycles. The molecule has 0 aromatic carbocycles. The number of carbonyl (C=O) groups excluding carboxylic acids is 1. The van der Waals surface area contributed by atoms with Crippen molar-refractivity contribution < 1.29 is 17.9 Å². The van der Waals surface area contributed by atoms with Gasteiger partial charge in [0, 0.05) is 13.1 Å². The van der Waals surface area contributed by atoms with Crippen molar-refractivity contribution in [1.82, 2.24) is 4.31 Å². The lowest BCUT2D eigenvalue weighted by Gasteiger charge is -2.30. The van der Waals surface area contributed by atoms with Gasteiger partial charge < -0.3 is 10.5 Å². The van der Waals surface area contributed by atoms with Gasteiger partial charge in [0.1, 0.15) is 0 Å². The molecule has 6 nitrogen and oxygen atoms in total. The summed E-state index contributed by atoms with van der Waals surface area (Å²) < 4.78 is 29.4. The van der Waals surface area contributed by atoms with Crippen molar-refractivity contribution in [2.75, 3.05) is 32.5 Å². The summed E-state index contributed by atoms with van der Waals surface area (Å²) in [4.78, 5) is 11.0. The molecule has 0 aromatic rings. The Balaban J connectivity index is 4.82. The van der Waals surface area contributed by atoms with E-state index in [2.05, 4.69) is 4.74 Å². The molecule has 0 aliphatic heterocycles. The Morgan fingerprint density at radius 2 is 1.94 bits per heavy atom. The summed E-state index contributed by atoms with van der Waals surface area (Å²) in [6.07, 6.45) is 0. The van der Waals surface area contributed by atoms with Gasteiger partial charge in [-0.05, 0) is 12.0 Å². The van der Waals surface area contributed by atoms with Crippen LogP contribution < -0.4 is 5.73 Å². The van der Waals surface area contributed by atoms with E-state index in [4.69, 9.17) is 5.73 Å². The van der Waals surface area contributed by atoms with Gasteiger partial charge in [0.15, 0.2) is 5.75 Å². The van der Waals surface area contributed by atoms with Crippen LogP contribution in [0.2, 0.25) is 0 Å². The molecule has 0 rings (SSSR count). The van der Waals surface area contributed by atoms with Crippen molar-refractivity contribution in [1.29, 1.82) is 0 Å². The van der Waals surface area contributed by atoms with Crippen LogP contribution >= 0.6 is 0 Å². The highest BCUT2D eigenvalue weighted by Crippen LogP contribution is 2.17. The predicted octanol–water partition coefficient (Wildman–Crippen LogP) is -0.204. The molecule has 102 valence electrons. The molecule has 0 atom stereocenters. The van der Waals surface area contributed by atoms with Crippen LogP contribution in [0.4, 0.5) is 0 Å². The summed E-state index contributed by atoms with van der Waals surface area (Å²) in [6, 6.07) is 0. The lowest BCUT2D eigenvalue weighted by atomic mass is 9.94. The highest BCUT2D eigenvalue weighted by atomic mass is 32.2. The molecule has 0 bridgehead atoms. The third kappa shape index (κ3) is 5.47. The Labute approximate surface area is 103 Å². The van der Waals surface area contributed by atoms with Crippen LogP contribution in [-0.4, -0.2) is 51.2 Å². The molecule has 0 heterocycles. The minimum Gasteiger partial charge on any atom is -0.468 e. The maximum absolute atomic E-state index is 11.9. The van der Waals surface area contributed by atoms with Gasteiger partial charge in [-0.2, -0.15) is 0 Å². The molecule has 0 amide bonds. The highest BCUT2D eigenvalue weighted by Gasteiger charge is 2.29. The number of ether oxygens (including phenoxy) is 1. The fourth-order valence-corrected chi connectivity index (χ4v) is 2.79. The first-order chi connectivity index (χ1) is 7.68. The molecule has 0 aliphatic rings. The first-order valence-corrected chi connectivity index (χ1v) is 7.04. The molecule has 0 spiro atoms. The lowest BCUT2D eigenvalue weighted by Crippen LogP contribution is -2.43. The molecule has 0 fully saturated rings. The summed E-state index contributed by atoms with van der Waals surface area (Å²) in [7, 11) is -2.46. The molecular formula is C10H22N2O4S. The fourth-order valence-electron chi connectivity index (χ4n) is 1.25. The van der Waals surface area contributed by atoms with Crippen molar-refractivity contribution in [3.8, 4) is 0 Å². The van der Waals surface area contributed by atoms with Crippen LogP contribution in [0.1, 0.15) is 20.8 Å². The SMILES string of the molecule is CCN(CC(C)(C)CN)S(=O)(=O)CC(=O)OC. The van der Waals surface area contributed by atoms with Crippen molar-refractivity contribution in [3.63, 3.8) is 0 Å². The summed E-state index contributed by atoms with van der Waals surface area (Å²) in [6.45, 7) is 6.45. The largest absolute Gasteiger partial charge is 0.468 e. The number of rotatable bonds is 7. The number of hydrogen-bond acceptors (Lipinski definition) is 5. The number of nitrogens with two attached hydrogens (primary N) is 1. The molecule has 7 heteroatoms. The van der Waals surface area contributed by atoms with Crippen LogP contribution in [0.3, 0.4) is 0 Å². The van der Waals surface area contributed by atoms with Crippen LogP contribution in [0.5, 0.6) is 0 Å². The lowest BCUT2D eigenvalue weighted by molar-refractivity contribution is -0.137. The number of carbonyl (C=O) groups is 1. The minimum absolute atomic E-state index is 0.291. The molecule has 0 radical (unpaired) electrons. The Kier molecular flexibility index (Phi) is 6.08. The Hall–Kier alpha value is -0.660. The number of nitrogens with zero attached hydrogens (tertiary/aromatic N) is 1. The van der Waals surface area contributed by atoms with Crippen molar-refractivity contribution in [3.05, 3.63) is 0 Å². The van der Waals surface area contributed by atoms with Gasteiger partial charge in [-0.15, -0.1) is 0 Å². The van der Waals surface area contributed by atoms with E-state index in [0.717, 1.165) is 7.11 Å². The Morgan fingerprint density at radius 3 is 2.29 bits per heavy atom. The molecule has 17 heavy (non-hydrogen) atoms. The molecule has 0 aromatic heterocycles. The highest BCUT2D eigenvalue weighted by molar-refractivity contribution is 7.89. The van der Waals surface area contributed by atoms with Gasteiger partial charge in [0.05, 0.1) is 7.11 Å². The van der Waals surface area contributed by atoms with E-state index in [9.17, 15) is 13.2 Å². The van der Waals surface area contributed by atoms with Crippen LogP contribution in [0.25, 0.3) is 0 Å². The van der Waals surface area contributed by atoms with E-state index in [1.54, 1.807) is 6.92 Å². The topological polar surface area (TPSA) is 89.7 Å². The van der Waals surface area contributed by atoms with Crippen LogP contribution in [0, 0.1) is 5.41 Å². The third-order valence-electron chi connectivity index (χ3n) is 2.43. The van der Waals surface area contributed by atoms with E-state index in [1.807, 2.05) is 13.8 Å². The van der Waals surface area contributed by atoms with Gasteiger partial charge >= 0.3 is 5.97 Å². The monoisotopic (exact) mass is 266 g/mol. The minimum atomic E-state index is -3.62. The zero-order valence-corrected chi connectivity index (χ0v) is 11.7. The van der Waals surface area contributed by atoms with E-state index < -0.39 is 21.7 Å². The van der Waals surface area contributed by atoms with Crippen LogP contribution in [-0.2, 0) is 19.6 Å². The maximum Gasteiger partial charge on any atom is 0.322 e. The second kappa shape index (κ2) is 6.32. The quantitative estimate of drug-likeness (QED) is 0.644. The number of esters is 1. The maximum atomic E-state index is 11.9. The van der Waals surface area contributed by atoms with Crippen molar-refractivity contribution in [2.45, 2.75) is 20.8 Å². The third-order valence-corrected chi connectivity index (χ3v) is 4.21. The average Bonchev–Trinajstić information content (AvgIpc) is 2.25. The van der Waals surface area contributed by atoms with Crippen molar-refractivity contribution >= 4 is 16.0 Å². The first-order valence-electron chi connectivity index (χ1n) is 5.43. The normalized spacial score (nSPS) is 12.8. The first kappa shape index (κ1) is 16.3. The van der Waals surface area contributed by atoms with Gasteiger partial charge in [-0.1, -0.05) is 20.8 Å². The van der Waals surface area contributed by atoms with Gasteiger partial charge in [-0.25, -0.2) is 12.7 Å². The van der Waals surface area contributed by atoms with E-state index >= 15 is 0 Å². The summed E-state index contributed by atoms with van der Waals surface area (Å²) in [5.74, 6) is -1.38.